The van der Waals surface area contributed by atoms with Crippen molar-refractivity contribution in [3.8, 4) is 5.75 Å². The molecule has 0 aromatic heterocycles. The van der Waals surface area contributed by atoms with Gasteiger partial charge in [0.05, 0.1) is 5.02 Å². The van der Waals surface area contributed by atoms with Crippen molar-refractivity contribution >= 4 is 17.5 Å². The molecule has 0 aliphatic rings. The van der Waals surface area contributed by atoms with Crippen LogP contribution in [0.4, 0.5) is 0 Å². The molecule has 0 aliphatic heterocycles. The van der Waals surface area contributed by atoms with Crippen LogP contribution in [0.3, 0.4) is 0 Å². The number of ether oxygens (including phenoxy) is 1. The minimum Gasteiger partial charge on any atom is -0.479 e. The quantitative estimate of drug-likeness (QED) is 0.808. The Labute approximate surface area is 119 Å². The molecule has 0 saturated heterocycles. The molecule has 1 amide bonds. The van der Waals surface area contributed by atoms with E-state index < -0.39 is 12.0 Å². The number of amides is 1. The molecule has 106 valence electrons. The largest absolute Gasteiger partial charge is 0.479 e. The van der Waals surface area contributed by atoms with Crippen molar-refractivity contribution in [2.24, 2.45) is 5.73 Å². The van der Waals surface area contributed by atoms with Crippen LogP contribution in [-0.2, 0) is 11.3 Å². The molecule has 19 heavy (non-hydrogen) atoms. The van der Waals surface area contributed by atoms with E-state index in [2.05, 4.69) is 19.2 Å². The Morgan fingerprint density at radius 3 is 2.63 bits per heavy atom. The summed E-state index contributed by atoms with van der Waals surface area (Å²) in [5, 5.41) is 3.79. The fourth-order valence-electron chi connectivity index (χ4n) is 1.57. The van der Waals surface area contributed by atoms with Gasteiger partial charge in [0.2, 0.25) is 0 Å². The summed E-state index contributed by atoms with van der Waals surface area (Å²) in [5.74, 6) is 0.00438. The monoisotopic (exact) mass is 284 g/mol. The summed E-state index contributed by atoms with van der Waals surface area (Å²) in [4.78, 5) is 11.1. The van der Waals surface area contributed by atoms with E-state index >= 15 is 0 Å². The first kappa shape index (κ1) is 15.8. The molecule has 5 heteroatoms. The van der Waals surface area contributed by atoms with Crippen LogP contribution < -0.4 is 15.8 Å². The highest BCUT2D eigenvalue weighted by molar-refractivity contribution is 6.32. The summed E-state index contributed by atoms with van der Waals surface area (Å²) < 4.78 is 5.51. The van der Waals surface area contributed by atoms with Gasteiger partial charge in [-0.15, -0.1) is 0 Å². The van der Waals surface area contributed by atoms with Gasteiger partial charge in [-0.1, -0.05) is 38.4 Å². The maximum atomic E-state index is 11.1. The number of benzene rings is 1. The molecule has 0 bridgehead atoms. The second kappa shape index (κ2) is 7.36. The molecule has 1 rings (SSSR count). The Balaban J connectivity index is 2.74. The van der Waals surface area contributed by atoms with Crippen LogP contribution in [0, 0.1) is 0 Å². The van der Waals surface area contributed by atoms with Crippen LogP contribution in [0.1, 0.15) is 32.8 Å². The molecule has 1 atom stereocenters. The zero-order valence-corrected chi connectivity index (χ0v) is 12.3. The first-order valence-corrected chi connectivity index (χ1v) is 6.79. The molecule has 1 unspecified atom stereocenters. The Kier molecular flexibility index (Phi) is 6.12. The lowest BCUT2D eigenvalue weighted by molar-refractivity contribution is -0.124. The van der Waals surface area contributed by atoms with E-state index in [4.69, 9.17) is 22.1 Å². The molecule has 1 aromatic rings. The maximum absolute atomic E-state index is 11.1. The van der Waals surface area contributed by atoms with E-state index in [0.29, 0.717) is 23.2 Å². The van der Waals surface area contributed by atoms with Gasteiger partial charge in [-0.25, -0.2) is 0 Å². The topological polar surface area (TPSA) is 64.3 Å². The van der Waals surface area contributed by atoms with E-state index in [9.17, 15) is 4.79 Å². The standard InChI is InChI=1S/C14H21ClN2O2/c1-4-12(14(16)18)19-13-6-5-10(7-11(13)15)8-17-9(2)3/h5-7,9,12,17H,4,8H2,1-3H3,(H2,16,18). The Bertz CT molecular complexity index is 435. The summed E-state index contributed by atoms with van der Waals surface area (Å²) in [6.07, 6.45) is -0.125. The van der Waals surface area contributed by atoms with Gasteiger partial charge < -0.3 is 15.8 Å². The van der Waals surface area contributed by atoms with Gasteiger partial charge >= 0.3 is 0 Å². The van der Waals surface area contributed by atoms with Crippen LogP contribution in [-0.4, -0.2) is 18.1 Å². The first-order valence-electron chi connectivity index (χ1n) is 6.41. The smallest absolute Gasteiger partial charge is 0.258 e. The maximum Gasteiger partial charge on any atom is 0.258 e. The van der Waals surface area contributed by atoms with Gasteiger partial charge in [-0.05, 0) is 24.1 Å². The average molecular weight is 285 g/mol. The molecular weight excluding hydrogens is 264 g/mol. The van der Waals surface area contributed by atoms with E-state index in [0.717, 1.165) is 12.1 Å². The predicted octanol–water partition coefficient (Wildman–Crippen LogP) is 2.48. The molecule has 0 saturated carbocycles. The molecule has 4 nitrogen and oxygen atoms in total. The summed E-state index contributed by atoms with van der Waals surface area (Å²) in [7, 11) is 0. The van der Waals surface area contributed by atoms with E-state index in [1.807, 2.05) is 19.1 Å². The third-order valence-corrected chi connectivity index (χ3v) is 2.96. The number of nitrogens with two attached hydrogens (primary N) is 1. The third-order valence-electron chi connectivity index (χ3n) is 2.67. The van der Waals surface area contributed by atoms with Crippen LogP contribution >= 0.6 is 11.6 Å². The van der Waals surface area contributed by atoms with Gasteiger partial charge in [0, 0.05) is 12.6 Å². The van der Waals surface area contributed by atoms with Crippen molar-refractivity contribution in [2.75, 3.05) is 0 Å². The highest BCUT2D eigenvalue weighted by atomic mass is 35.5. The van der Waals surface area contributed by atoms with E-state index in [1.54, 1.807) is 6.07 Å². The Hall–Kier alpha value is -1.26. The second-order valence-corrected chi connectivity index (χ2v) is 5.12. The number of hydrogen-bond donors (Lipinski definition) is 2. The highest BCUT2D eigenvalue weighted by Crippen LogP contribution is 2.26. The lowest BCUT2D eigenvalue weighted by atomic mass is 10.2. The van der Waals surface area contributed by atoms with Crippen molar-refractivity contribution in [1.82, 2.24) is 5.32 Å². The minimum atomic E-state index is -0.642. The Morgan fingerprint density at radius 1 is 1.47 bits per heavy atom. The fraction of sp³-hybridized carbons (Fsp3) is 0.500. The van der Waals surface area contributed by atoms with Crippen molar-refractivity contribution in [1.29, 1.82) is 0 Å². The number of rotatable bonds is 7. The summed E-state index contributed by atoms with van der Waals surface area (Å²) in [6, 6.07) is 5.93. The van der Waals surface area contributed by atoms with Crippen molar-refractivity contribution in [2.45, 2.75) is 45.9 Å². The van der Waals surface area contributed by atoms with E-state index in [1.165, 1.54) is 0 Å². The molecule has 0 heterocycles. The number of primary amides is 1. The van der Waals surface area contributed by atoms with Crippen LogP contribution in [0.25, 0.3) is 0 Å². The predicted molar refractivity (Wildman–Crippen MR) is 77.3 cm³/mol. The summed E-state index contributed by atoms with van der Waals surface area (Å²) in [6.45, 7) is 6.74. The number of halogens is 1. The Morgan fingerprint density at radius 2 is 2.16 bits per heavy atom. The third kappa shape index (κ3) is 5.09. The zero-order valence-electron chi connectivity index (χ0n) is 11.6. The van der Waals surface area contributed by atoms with Crippen molar-refractivity contribution in [3.05, 3.63) is 28.8 Å². The van der Waals surface area contributed by atoms with Gasteiger partial charge in [-0.3, -0.25) is 4.79 Å². The average Bonchev–Trinajstić information content (AvgIpc) is 2.34. The van der Waals surface area contributed by atoms with Gasteiger partial charge in [0.25, 0.3) is 5.91 Å². The normalized spacial score (nSPS) is 12.5. The molecule has 0 fully saturated rings. The number of carbonyl (C=O) groups is 1. The summed E-state index contributed by atoms with van der Waals surface area (Å²) >= 11 is 6.15. The SMILES string of the molecule is CCC(Oc1ccc(CNC(C)C)cc1Cl)C(N)=O. The first-order chi connectivity index (χ1) is 8.93. The molecule has 0 radical (unpaired) electrons. The lowest BCUT2D eigenvalue weighted by Crippen LogP contribution is -2.33. The van der Waals surface area contributed by atoms with Gasteiger partial charge in [0.1, 0.15) is 5.75 Å². The molecule has 0 aliphatic carbocycles. The van der Waals surface area contributed by atoms with Crippen molar-refractivity contribution in [3.63, 3.8) is 0 Å². The van der Waals surface area contributed by atoms with Crippen molar-refractivity contribution < 1.29 is 9.53 Å². The molecule has 0 spiro atoms. The number of nitrogens with one attached hydrogen (secondary N) is 1. The number of hydrogen-bond acceptors (Lipinski definition) is 3. The zero-order chi connectivity index (χ0) is 14.4. The lowest BCUT2D eigenvalue weighted by Gasteiger charge is -2.16. The van der Waals surface area contributed by atoms with Gasteiger partial charge in [0.15, 0.2) is 6.10 Å². The second-order valence-electron chi connectivity index (χ2n) is 4.72. The van der Waals surface area contributed by atoms with E-state index in [-0.39, 0.29) is 0 Å². The number of carbonyl (C=O) groups excluding carboxylic acids is 1. The minimum absolute atomic E-state index is 0.411. The molecule has 1 aromatic carbocycles. The van der Waals surface area contributed by atoms with Crippen LogP contribution in [0.2, 0.25) is 5.02 Å². The highest BCUT2D eigenvalue weighted by Gasteiger charge is 2.16. The van der Waals surface area contributed by atoms with Crippen LogP contribution in [0.15, 0.2) is 18.2 Å². The molecular formula is C14H21ClN2O2. The summed E-state index contributed by atoms with van der Waals surface area (Å²) in [5.41, 5.74) is 6.31. The molecule has 3 N–H and O–H groups in total. The van der Waals surface area contributed by atoms with Gasteiger partial charge in [-0.2, -0.15) is 0 Å². The van der Waals surface area contributed by atoms with Crippen LogP contribution in [0.5, 0.6) is 5.75 Å². The fourth-order valence-corrected chi connectivity index (χ4v) is 1.82.